The minimum absolute atomic E-state index is 0.131. The van der Waals surface area contributed by atoms with Crippen LogP contribution < -0.4 is 0 Å². The van der Waals surface area contributed by atoms with Crippen molar-refractivity contribution in [3.8, 4) is 0 Å². The van der Waals surface area contributed by atoms with Crippen LogP contribution >= 0.6 is 0 Å². The van der Waals surface area contributed by atoms with Crippen molar-refractivity contribution in [2.75, 3.05) is 0 Å². The maximum atomic E-state index is 11.4. The van der Waals surface area contributed by atoms with Gasteiger partial charge in [0, 0.05) is 5.41 Å². The second-order valence-corrected chi connectivity index (χ2v) is 5.60. The number of carboxylic acids is 2. The van der Waals surface area contributed by atoms with Gasteiger partial charge in [0.2, 0.25) is 0 Å². The first-order valence-electron chi connectivity index (χ1n) is 6.17. The van der Waals surface area contributed by atoms with E-state index in [4.69, 9.17) is 0 Å². The molecule has 4 unspecified atom stereocenters. The molecule has 0 aromatic rings. The van der Waals surface area contributed by atoms with E-state index < -0.39 is 29.2 Å². The number of hydrogen-bond acceptors (Lipinski definition) is 2. The van der Waals surface area contributed by atoms with Gasteiger partial charge in [-0.3, -0.25) is 9.59 Å². The molecule has 2 aliphatic rings. The van der Waals surface area contributed by atoms with Gasteiger partial charge < -0.3 is 10.2 Å². The molecule has 4 nitrogen and oxygen atoms in total. The Labute approximate surface area is 106 Å². The van der Waals surface area contributed by atoms with Crippen LogP contribution in [0.2, 0.25) is 0 Å². The molecule has 4 atom stereocenters. The largest absolute Gasteiger partial charge is 0.481 e. The molecule has 18 heavy (non-hydrogen) atoms. The zero-order chi connectivity index (χ0) is 13.5. The van der Waals surface area contributed by atoms with Crippen LogP contribution in [-0.4, -0.2) is 22.2 Å². The van der Waals surface area contributed by atoms with E-state index >= 15 is 0 Å². The molecular formula is C14H18O4. The molecule has 2 aliphatic carbocycles. The van der Waals surface area contributed by atoms with Crippen molar-refractivity contribution in [3.63, 3.8) is 0 Å². The molecule has 98 valence electrons. The summed E-state index contributed by atoms with van der Waals surface area (Å²) >= 11 is 0. The second-order valence-electron chi connectivity index (χ2n) is 5.60. The molecular weight excluding hydrogens is 232 g/mol. The molecule has 0 aromatic carbocycles. The maximum Gasteiger partial charge on any atom is 0.308 e. The summed E-state index contributed by atoms with van der Waals surface area (Å²) in [5.41, 5.74) is 0.516. The van der Waals surface area contributed by atoms with Crippen molar-refractivity contribution in [1.82, 2.24) is 0 Å². The maximum absolute atomic E-state index is 11.4. The molecule has 1 saturated carbocycles. The molecule has 2 rings (SSSR count). The average Bonchev–Trinajstić information content (AvgIpc) is 2.81. The van der Waals surface area contributed by atoms with E-state index in [1.807, 2.05) is 19.1 Å². The first-order valence-corrected chi connectivity index (χ1v) is 6.17. The lowest BCUT2D eigenvalue weighted by atomic mass is 9.70. The molecule has 0 aromatic heterocycles. The number of rotatable bonds is 5. The average molecular weight is 250 g/mol. The lowest BCUT2D eigenvalue weighted by Gasteiger charge is -2.32. The van der Waals surface area contributed by atoms with Gasteiger partial charge in [-0.05, 0) is 32.1 Å². The van der Waals surface area contributed by atoms with E-state index in [0.717, 1.165) is 12.0 Å². The third-order valence-electron chi connectivity index (χ3n) is 4.30. The topological polar surface area (TPSA) is 74.6 Å². The fourth-order valence-electron chi connectivity index (χ4n) is 3.48. The lowest BCUT2D eigenvalue weighted by molar-refractivity contribution is -0.156. The Morgan fingerprint density at radius 1 is 1.39 bits per heavy atom. The summed E-state index contributed by atoms with van der Waals surface area (Å²) in [6.07, 6.45) is 5.88. The number of carbonyl (C=O) groups is 2. The Hall–Kier alpha value is -1.58. The molecule has 0 amide bonds. The van der Waals surface area contributed by atoms with Gasteiger partial charge in [-0.15, -0.1) is 6.58 Å². The predicted molar refractivity (Wildman–Crippen MR) is 66.0 cm³/mol. The smallest absolute Gasteiger partial charge is 0.308 e. The van der Waals surface area contributed by atoms with Crippen molar-refractivity contribution in [2.24, 2.45) is 23.2 Å². The minimum atomic E-state index is -0.992. The fraction of sp³-hybridized carbons (Fsp3) is 0.571. The summed E-state index contributed by atoms with van der Waals surface area (Å²) in [5, 5.41) is 18.6. The molecule has 0 aliphatic heterocycles. The van der Waals surface area contributed by atoms with E-state index in [9.17, 15) is 19.8 Å². The molecule has 0 saturated heterocycles. The lowest BCUT2D eigenvalue weighted by Crippen LogP contribution is -2.38. The van der Waals surface area contributed by atoms with Crippen LogP contribution in [-0.2, 0) is 9.59 Å². The molecule has 1 fully saturated rings. The van der Waals surface area contributed by atoms with Gasteiger partial charge in [-0.2, -0.15) is 0 Å². The van der Waals surface area contributed by atoms with E-state index in [1.54, 1.807) is 0 Å². The number of carboxylic acid groups (broad SMARTS) is 2. The highest BCUT2D eigenvalue weighted by Gasteiger charge is 2.60. The van der Waals surface area contributed by atoms with Gasteiger partial charge in [0.1, 0.15) is 0 Å². The van der Waals surface area contributed by atoms with Crippen molar-refractivity contribution in [2.45, 2.75) is 26.2 Å². The van der Waals surface area contributed by atoms with Crippen LogP contribution in [0.3, 0.4) is 0 Å². The molecule has 2 N–H and O–H groups in total. The highest BCUT2D eigenvalue weighted by Crippen LogP contribution is 2.59. The Morgan fingerprint density at radius 3 is 2.56 bits per heavy atom. The van der Waals surface area contributed by atoms with Gasteiger partial charge in [0.05, 0.1) is 11.8 Å². The van der Waals surface area contributed by atoms with Crippen molar-refractivity contribution < 1.29 is 19.8 Å². The van der Waals surface area contributed by atoms with E-state index in [2.05, 4.69) is 6.58 Å². The highest BCUT2D eigenvalue weighted by atomic mass is 16.4. The quantitative estimate of drug-likeness (QED) is 0.734. The summed E-state index contributed by atoms with van der Waals surface area (Å²) in [5.74, 6) is -3.69. The zero-order valence-electron chi connectivity index (χ0n) is 10.4. The van der Waals surface area contributed by atoms with Crippen LogP contribution in [0, 0.1) is 23.2 Å². The van der Waals surface area contributed by atoms with Crippen LogP contribution in [0.4, 0.5) is 0 Å². The summed E-state index contributed by atoms with van der Waals surface area (Å²) in [7, 11) is 0. The first-order chi connectivity index (χ1) is 8.37. The van der Waals surface area contributed by atoms with E-state index in [1.165, 1.54) is 0 Å². The van der Waals surface area contributed by atoms with Crippen LogP contribution in [0.15, 0.2) is 24.3 Å². The van der Waals surface area contributed by atoms with Crippen LogP contribution in [0.1, 0.15) is 26.2 Å². The summed E-state index contributed by atoms with van der Waals surface area (Å²) in [6.45, 7) is 5.74. The normalized spacial score (nSPS) is 36.8. The van der Waals surface area contributed by atoms with Gasteiger partial charge in [0.25, 0.3) is 0 Å². The Kier molecular flexibility index (Phi) is 3.05. The summed E-state index contributed by atoms with van der Waals surface area (Å²) in [4.78, 5) is 22.7. The molecule has 0 radical (unpaired) electrons. The zero-order valence-corrected chi connectivity index (χ0v) is 10.4. The van der Waals surface area contributed by atoms with Gasteiger partial charge >= 0.3 is 11.9 Å². The molecule has 0 spiro atoms. The monoisotopic (exact) mass is 250 g/mol. The minimum Gasteiger partial charge on any atom is -0.481 e. The third-order valence-corrected chi connectivity index (χ3v) is 4.30. The first kappa shape index (κ1) is 12.9. The van der Waals surface area contributed by atoms with E-state index in [0.29, 0.717) is 12.8 Å². The van der Waals surface area contributed by atoms with Gasteiger partial charge in [-0.1, -0.05) is 17.7 Å². The standard InChI is InChI=1S/C14H18O4/c1-8(2)3-5-14-6-4-9(7-14)10(12(15)16)11(14)13(17)18/h4,6,9-11H,1,3,5,7H2,2H3,(H,15,16)(H,17,18). The number of fused-ring (bicyclic) bond motifs is 2. The van der Waals surface area contributed by atoms with Gasteiger partial charge in [0.15, 0.2) is 0 Å². The van der Waals surface area contributed by atoms with Crippen LogP contribution in [0.25, 0.3) is 0 Å². The number of allylic oxidation sites excluding steroid dienone is 3. The highest BCUT2D eigenvalue weighted by molar-refractivity contribution is 5.83. The summed E-state index contributed by atoms with van der Waals surface area (Å²) in [6, 6.07) is 0. The van der Waals surface area contributed by atoms with Gasteiger partial charge in [-0.25, -0.2) is 0 Å². The van der Waals surface area contributed by atoms with Crippen molar-refractivity contribution >= 4 is 11.9 Å². The van der Waals surface area contributed by atoms with E-state index in [-0.39, 0.29) is 5.92 Å². The van der Waals surface area contributed by atoms with Crippen molar-refractivity contribution in [3.05, 3.63) is 24.3 Å². The predicted octanol–water partition coefficient (Wildman–Crippen LogP) is 2.32. The summed E-state index contributed by atoms with van der Waals surface area (Å²) < 4.78 is 0. The van der Waals surface area contributed by atoms with Crippen molar-refractivity contribution in [1.29, 1.82) is 0 Å². The number of hydrogen-bond donors (Lipinski definition) is 2. The Morgan fingerprint density at radius 2 is 2.06 bits per heavy atom. The fourth-order valence-corrected chi connectivity index (χ4v) is 3.48. The SMILES string of the molecule is C=C(C)CCC12C=CC(C1)C(C(=O)O)C2C(=O)O. The Bertz CT molecular complexity index is 437. The molecule has 0 heterocycles. The molecule has 2 bridgehead atoms. The second kappa shape index (κ2) is 4.26. The Balaban J connectivity index is 2.30. The van der Waals surface area contributed by atoms with Crippen LogP contribution in [0.5, 0.6) is 0 Å². The molecule has 4 heteroatoms. The third kappa shape index (κ3) is 1.85. The number of aliphatic carboxylic acids is 2.